The summed E-state index contributed by atoms with van der Waals surface area (Å²) in [6.45, 7) is 3.52. The molecule has 1 aliphatic rings. The zero-order valence-electron chi connectivity index (χ0n) is 12.4. The van der Waals surface area contributed by atoms with Crippen molar-refractivity contribution in [3.63, 3.8) is 0 Å². The molecule has 1 aliphatic heterocycles. The van der Waals surface area contributed by atoms with Crippen molar-refractivity contribution in [2.75, 3.05) is 0 Å². The summed E-state index contributed by atoms with van der Waals surface area (Å²) in [7, 11) is 0. The van der Waals surface area contributed by atoms with Gasteiger partial charge in [0.1, 0.15) is 12.1 Å². The summed E-state index contributed by atoms with van der Waals surface area (Å²) in [6.07, 6.45) is 0.459. The van der Waals surface area contributed by atoms with Gasteiger partial charge in [0, 0.05) is 0 Å². The van der Waals surface area contributed by atoms with Crippen LogP contribution in [0.2, 0.25) is 0 Å². The Kier molecular flexibility index (Phi) is 3.40. The van der Waals surface area contributed by atoms with Gasteiger partial charge in [-0.2, -0.15) is 4.98 Å². The van der Waals surface area contributed by atoms with Gasteiger partial charge in [-0.1, -0.05) is 42.4 Å². The lowest BCUT2D eigenvalue weighted by Gasteiger charge is -2.25. The van der Waals surface area contributed by atoms with Crippen LogP contribution < -0.4 is 5.32 Å². The van der Waals surface area contributed by atoms with Crippen molar-refractivity contribution in [2.45, 2.75) is 32.4 Å². The van der Waals surface area contributed by atoms with E-state index >= 15 is 0 Å². The highest BCUT2D eigenvalue weighted by Crippen LogP contribution is 2.32. The van der Waals surface area contributed by atoms with E-state index in [1.54, 1.807) is 6.92 Å². The first-order valence-corrected chi connectivity index (χ1v) is 7.05. The summed E-state index contributed by atoms with van der Waals surface area (Å²) < 4.78 is 5.00. The first kappa shape index (κ1) is 14.2. The monoisotopic (exact) mass is 300 g/mol. The van der Waals surface area contributed by atoms with E-state index in [0.29, 0.717) is 12.2 Å². The Morgan fingerprint density at radius 3 is 2.59 bits per heavy atom. The Balaban J connectivity index is 1.93. The molecule has 7 nitrogen and oxygen atoms in total. The van der Waals surface area contributed by atoms with E-state index in [4.69, 9.17) is 4.52 Å². The maximum Gasteiger partial charge on any atom is 0.325 e. The number of nitrogens with zero attached hydrogens (tertiary/aromatic N) is 3. The average Bonchev–Trinajstić information content (AvgIpc) is 3.05. The molecule has 22 heavy (non-hydrogen) atoms. The van der Waals surface area contributed by atoms with Crippen molar-refractivity contribution >= 4 is 11.9 Å². The van der Waals surface area contributed by atoms with Crippen molar-refractivity contribution in [2.24, 2.45) is 0 Å². The van der Waals surface area contributed by atoms with Crippen molar-refractivity contribution in [3.05, 3.63) is 47.6 Å². The molecule has 1 aromatic heterocycles. The molecule has 0 aliphatic carbocycles. The Labute approximate surface area is 127 Å². The fraction of sp³-hybridized carbons (Fsp3) is 0.333. The van der Waals surface area contributed by atoms with E-state index in [1.165, 1.54) is 0 Å². The van der Waals surface area contributed by atoms with Crippen LogP contribution in [0.5, 0.6) is 0 Å². The highest BCUT2D eigenvalue weighted by molar-refractivity contribution is 6.07. The van der Waals surface area contributed by atoms with E-state index in [9.17, 15) is 9.59 Å². The SMILES string of the molecule is CC[C@@]1(c2ccccc2)NC(=O)N(Cc2nc(C)no2)C1=O. The zero-order valence-corrected chi connectivity index (χ0v) is 12.4. The maximum atomic E-state index is 12.8. The minimum absolute atomic E-state index is 0.0277. The third-order valence-corrected chi connectivity index (χ3v) is 3.84. The molecule has 0 bridgehead atoms. The number of aryl methyl sites for hydroxylation is 1. The summed E-state index contributed by atoms with van der Waals surface area (Å²) >= 11 is 0. The molecule has 1 N–H and O–H groups in total. The first-order valence-electron chi connectivity index (χ1n) is 7.05. The van der Waals surface area contributed by atoms with Crippen LogP contribution in [-0.2, 0) is 16.9 Å². The first-order chi connectivity index (χ1) is 10.6. The van der Waals surface area contributed by atoms with Gasteiger partial charge in [0.05, 0.1) is 0 Å². The second-order valence-electron chi connectivity index (χ2n) is 5.18. The molecule has 0 unspecified atom stereocenters. The molecule has 114 valence electrons. The Hall–Kier alpha value is -2.70. The van der Waals surface area contributed by atoms with Gasteiger partial charge < -0.3 is 9.84 Å². The lowest BCUT2D eigenvalue weighted by atomic mass is 9.87. The summed E-state index contributed by atoms with van der Waals surface area (Å²) in [5.41, 5.74) is -0.270. The van der Waals surface area contributed by atoms with Gasteiger partial charge in [-0.3, -0.25) is 9.69 Å². The van der Waals surface area contributed by atoms with Gasteiger partial charge >= 0.3 is 6.03 Å². The molecule has 1 aromatic carbocycles. The molecule has 1 fully saturated rings. The van der Waals surface area contributed by atoms with Crippen molar-refractivity contribution < 1.29 is 14.1 Å². The molecular weight excluding hydrogens is 284 g/mol. The summed E-state index contributed by atoms with van der Waals surface area (Å²) in [6, 6.07) is 8.77. The number of carbonyl (C=O) groups excluding carboxylic acids is 2. The summed E-state index contributed by atoms with van der Waals surface area (Å²) in [4.78, 5) is 30.2. The molecule has 1 atom stereocenters. The van der Waals surface area contributed by atoms with Gasteiger partial charge in [0.15, 0.2) is 5.82 Å². The van der Waals surface area contributed by atoms with Crippen LogP contribution >= 0.6 is 0 Å². The highest BCUT2D eigenvalue weighted by Gasteiger charge is 2.51. The molecule has 7 heteroatoms. The smallest absolute Gasteiger partial charge is 0.325 e. The second kappa shape index (κ2) is 5.25. The highest BCUT2D eigenvalue weighted by atomic mass is 16.5. The Morgan fingerprint density at radius 2 is 2.00 bits per heavy atom. The topological polar surface area (TPSA) is 88.3 Å². The van der Waals surface area contributed by atoms with Gasteiger partial charge in [-0.15, -0.1) is 0 Å². The van der Waals surface area contributed by atoms with E-state index in [-0.39, 0.29) is 18.3 Å². The quantitative estimate of drug-likeness (QED) is 0.869. The van der Waals surface area contributed by atoms with Crippen LogP contribution in [0.4, 0.5) is 4.79 Å². The number of aromatic nitrogens is 2. The second-order valence-corrected chi connectivity index (χ2v) is 5.18. The number of nitrogens with one attached hydrogen (secondary N) is 1. The fourth-order valence-electron chi connectivity index (χ4n) is 2.67. The molecule has 0 saturated carbocycles. The average molecular weight is 300 g/mol. The lowest BCUT2D eigenvalue weighted by molar-refractivity contribution is -0.132. The third-order valence-electron chi connectivity index (χ3n) is 3.84. The van der Waals surface area contributed by atoms with E-state index < -0.39 is 11.6 Å². The number of hydrogen-bond acceptors (Lipinski definition) is 5. The van der Waals surface area contributed by atoms with Gasteiger partial charge in [-0.25, -0.2) is 4.79 Å². The van der Waals surface area contributed by atoms with Crippen molar-refractivity contribution in [3.8, 4) is 0 Å². The molecule has 3 amide bonds. The number of carbonyl (C=O) groups is 2. The van der Waals surface area contributed by atoms with E-state index in [0.717, 1.165) is 10.5 Å². The Morgan fingerprint density at radius 1 is 1.27 bits per heavy atom. The summed E-state index contributed by atoms with van der Waals surface area (Å²) in [5, 5.41) is 6.48. The molecule has 1 saturated heterocycles. The number of rotatable bonds is 4. The van der Waals surface area contributed by atoms with Gasteiger partial charge in [0.25, 0.3) is 5.91 Å². The predicted octanol–water partition coefficient (Wildman–Crippen LogP) is 1.74. The summed E-state index contributed by atoms with van der Waals surface area (Å²) in [5.74, 6) is 0.398. The van der Waals surface area contributed by atoms with Crippen molar-refractivity contribution in [1.82, 2.24) is 20.4 Å². The van der Waals surface area contributed by atoms with Crippen molar-refractivity contribution in [1.29, 1.82) is 0 Å². The minimum atomic E-state index is -1.03. The molecule has 3 rings (SSSR count). The van der Waals surface area contributed by atoms with Crippen LogP contribution in [-0.4, -0.2) is 27.0 Å². The lowest BCUT2D eigenvalue weighted by Crippen LogP contribution is -2.43. The van der Waals surface area contributed by atoms with Crippen LogP contribution in [0.3, 0.4) is 0 Å². The van der Waals surface area contributed by atoms with Crippen LogP contribution in [0.1, 0.15) is 30.6 Å². The molecule has 0 radical (unpaired) electrons. The number of benzene rings is 1. The van der Waals surface area contributed by atoms with Crippen LogP contribution in [0.15, 0.2) is 34.9 Å². The van der Waals surface area contributed by atoms with E-state index in [1.807, 2.05) is 37.3 Å². The van der Waals surface area contributed by atoms with E-state index in [2.05, 4.69) is 15.5 Å². The Bertz CT molecular complexity index is 713. The number of urea groups is 1. The standard InChI is InChI=1S/C15H16N4O3/c1-3-15(11-7-5-4-6-8-11)13(20)19(14(21)17-15)9-12-16-10(2)18-22-12/h4-8H,3,9H2,1-2H3,(H,17,21)/t15-/m0/s1. The molecule has 2 heterocycles. The zero-order chi connectivity index (χ0) is 15.7. The van der Waals surface area contributed by atoms with Crippen LogP contribution in [0.25, 0.3) is 0 Å². The van der Waals surface area contributed by atoms with Gasteiger partial charge in [0.2, 0.25) is 5.89 Å². The largest absolute Gasteiger partial charge is 0.337 e. The minimum Gasteiger partial charge on any atom is -0.337 e. The molecule has 2 aromatic rings. The fourth-order valence-corrected chi connectivity index (χ4v) is 2.67. The predicted molar refractivity (Wildman–Crippen MR) is 76.5 cm³/mol. The van der Waals surface area contributed by atoms with Crippen LogP contribution in [0, 0.1) is 6.92 Å². The number of hydrogen-bond donors (Lipinski definition) is 1. The number of imide groups is 1. The maximum absolute atomic E-state index is 12.8. The number of amides is 3. The van der Waals surface area contributed by atoms with Gasteiger partial charge in [-0.05, 0) is 18.9 Å². The molecular formula is C15H16N4O3. The normalized spacial score (nSPS) is 21.3. The third kappa shape index (κ3) is 2.14. The molecule has 0 spiro atoms.